The third-order valence-electron chi connectivity index (χ3n) is 5.12. The molecule has 1 amide bonds. The van der Waals surface area contributed by atoms with E-state index in [1.54, 1.807) is 17.3 Å². The number of benzene rings is 1. The van der Waals surface area contributed by atoms with Gasteiger partial charge in [0.2, 0.25) is 6.41 Å². The summed E-state index contributed by atoms with van der Waals surface area (Å²) in [5, 5.41) is 0. The molecule has 0 spiro atoms. The fourth-order valence-electron chi connectivity index (χ4n) is 3.65. The first kappa shape index (κ1) is 18.4. The van der Waals surface area contributed by atoms with Crippen LogP contribution in [0, 0.1) is 6.92 Å². The van der Waals surface area contributed by atoms with Gasteiger partial charge in [0.25, 0.3) is 0 Å². The Hall–Kier alpha value is -2.96. The molecule has 28 heavy (non-hydrogen) atoms. The lowest BCUT2D eigenvalue weighted by molar-refractivity contribution is -0.106. The van der Waals surface area contributed by atoms with Crippen LogP contribution in [0.5, 0.6) is 0 Å². The molecule has 0 aliphatic carbocycles. The van der Waals surface area contributed by atoms with Crippen LogP contribution in [-0.4, -0.2) is 47.6 Å². The number of aromatic nitrogens is 2. The lowest BCUT2D eigenvalue weighted by Gasteiger charge is -2.28. The summed E-state index contributed by atoms with van der Waals surface area (Å²) in [5.74, 6) is 0. The lowest BCUT2D eigenvalue weighted by Crippen LogP contribution is -2.36. The number of hydrogen-bond donors (Lipinski definition) is 1. The average molecular weight is 376 g/mol. The smallest absolute Gasteiger partial charge is 0.218 e. The molecule has 4 rings (SSSR count). The summed E-state index contributed by atoms with van der Waals surface area (Å²) >= 11 is 0. The summed E-state index contributed by atoms with van der Waals surface area (Å²) < 4.78 is 5.49. The van der Waals surface area contributed by atoms with Gasteiger partial charge in [0.1, 0.15) is 0 Å². The minimum absolute atomic E-state index is 0.742. The molecule has 0 unspecified atom stereocenters. The summed E-state index contributed by atoms with van der Waals surface area (Å²) in [5.41, 5.74) is 5.90. The van der Waals surface area contributed by atoms with Crippen LogP contribution in [0.15, 0.2) is 54.9 Å². The Morgan fingerprint density at radius 1 is 1.14 bits per heavy atom. The van der Waals surface area contributed by atoms with Crippen LogP contribution in [0.1, 0.15) is 11.3 Å². The molecule has 1 aliphatic heterocycles. The molecular formula is C22H24N4O2. The number of carbonyl (C=O) groups is 1. The molecular weight excluding hydrogens is 352 g/mol. The zero-order valence-corrected chi connectivity index (χ0v) is 16.0. The van der Waals surface area contributed by atoms with Gasteiger partial charge in [-0.2, -0.15) is 0 Å². The molecule has 6 nitrogen and oxygen atoms in total. The van der Waals surface area contributed by atoms with Crippen LogP contribution in [-0.2, 0) is 16.1 Å². The first-order chi connectivity index (χ1) is 13.8. The molecule has 0 bridgehead atoms. The number of hydrogen-bond acceptors (Lipinski definition) is 4. The van der Waals surface area contributed by atoms with Gasteiger partial charge in [0, 0.05) is 48.8 Å². The molecule has 0 atom stereocenters. The number of pyridine rings is 1. The summed E-state index contributed by atoms with van der Waals surface area (Å²) in [7, 11) is 0. The largest absolute Gasteiger partial charge is 0.379 e. The molecule has 0 radical (unpaired) electrons. The van der Waals surface area contributed by atoms with Crippen LogP contribution in [0.2, 0.25) is 0 Å². The second kappa shape index (κ2) is 8.37. The Kier molecular flexibility index (Phi) is 5.50. The minimum Gasteiger partial charge on any atom is -0.379 e. The summed E-state index contributed by atoms with van der Waals surface area (Å²) in [6, 6.07) is 13.8. The van der Waals surface area contributed by atoms with Gasteiger partial charge < -0.3 is 9.72 Å². The summed E-state index contributed by atoms with van der Waals surface area (Å²) in [6.07, 6.45) is 4.29. The summed E-state index contributed by atoms with van der Waals surface area (Å²) in [4.78, 5) is 23.9. The van der Waals surface area contributed by atoms with Crippen molar-refractivity contribution in [2.45, 2.75) is 13.5 Å². The maximum absolute atomic E-state index is 12.2. The van der Waals surface area contributed by atoms with Gasteiger partial charge >= 0.3 is 0 Å². The Balaban J connectivity index is 1.83. The lowest BCUT2D eigenvalue weighted by atomic mass is 10.1. The van der Waals surface area contributed by atoms with Gasteiger partial charge in [-0.25, -0.2) is 0 Å². The summed E-state index contributed by atoms with van der Waals surface area (Å²) in [6.45, 7) is 6.10. The number of nitrogens with zero attached hydrogens (tertiary/aromatic N) is 3. The van der Waals surface area contributed by atoms with E-state index in [2.05, 4.69) is 33.9 Å². The number of ether oxygens (including phenoxy) is 1. The van der Waals surface area contributed by atoms with Crippen molar-refractivity contribution >= 4 is 17.8 Å². The SMILES string of the molecule is Cc1[nH]c(-c2ccccc2)c(N(C=O)c2ccncc2)c1CN1CCOCC1. The third-order valence-corrected chi connectivity index (χ3v) is 5.12. The van der Waals surface area contributed by atoms with Crippen LogP contribution in [0.25, 0.3) is 11.3 Å². The number of aromatic amines is 1. The van der Waals surface area contributed by atoms with E-state index in [0.717, 1.165) is 73.1 Å². The molecule has 2 aromatic heterocycles. The van der Waals surface area contributed by atoms with Crippen LogP contribution >= 0.6 is 0 Å². The van der Waals surface area contributed by atoms with E-state index in [0.29, 0.717) is 0 Å². The van der Waals surface area contributed by atoms with E-state index >= 15 is 0 Å². The number of morpholine rings is 1. The normalized spacial score (nSPS) is 14.8. The van der Waals surface area contributed by atoms with Crippen molar-refractivity contribution in [3.05, 3.63) is 66.1 Å². The Morgan fingerprint density at radius 3 is 2.54 bits per heavy atom. The second-order valence-corrected chi connectivity index (χ2v) is 6.89. The number of anilines is 2. The zero-order chi connectivity index (χ0) is 19.3. The van der Waals surface area contributed by atoms with Crippen LogP contribution in [0.3, 0.4) is 0 Å². The molecule has 144 valence electrons. The zero-order valence-electron chi connectivity index (χ0n) is 16.0. The highest BCUT2D eigenvalue weighted by Gasteiger charge is 2.25. The third kappa shape index (κ3) is 3.69. The Bertz CT molecular complexity index is 918. The van der Waals surface area contributed by atoms with Gasteiger partial charge in [-0.15, -0.1) is 0 Å². The topological polar surface area (TPSA) is 61.5 Å². The van der Waals surface area contributed by atoms with Gasteiger partial charge in [-0.3, -0.25) is 19.6 Å². The van der Waals surface area contributed by atoms with E-state index in [4.69, 9.17) is 4.74 Å². The number of amides is 1. The average Bonchev–Trinajstić information content (AvgIpc) is 3.07. The van der Waals surface area contributed by atoms with E-state index < -0.39 is 0 Å². The van der Waals surface area contributed by atoms with Crippen molar-refractivity contribution in [3.63, 3.8) is 0 Å². The van der Waals surface area contributed by atoms with Gasteiger partial charge in [0.15, 0.2) is 0 Å². The van der Waals surface area contributed by atoms with Crippen molar-refractivity contribution in [2.24, 2.45) is 0 Å². The molecule has 0 saturated carbocycles. The molecule has 6 heteroatoms. The number of H-pyrrole nitrogens is 1. The maximum Gasteiger partial charge on any atom is 0.218 e. The fourth-order valence-corrected chi connectivity index (χ4v) is 3.65. The van der Waals surface area contributed by atoms with Crippen molar-refractivity contribution in [1.82, 2.24) is 14.9 Å². The first-order valence-electron chi connectivity index (χ1n) is 9.49. The number of rotatable bonds is 6. The second-order valence-electron chi connectivity index (χ2n) is 6.89. The molecule has 1 fully saturated rings. The van der Waals surface area contributed by atoms with E-state index in [9.17, 15) is 4.79 Å². The van der Waals surface area contributed by atoms with Crippen molar-refractivity contribution in [3.8, 4) is 11.3 Å². The van der Waals surface area contributed by atoms with Crippen LogP contribution < -0.4 is 4.90 Å². The highest BCUT2D eigenvalue weighted by Crippen LogP contribution is 2.39. The standard InChI is InChI=1S/C22H24N4O2/c1-17-20(15-25-11-13-28-14-12-25)22(21(24-17)18-5-3-2-4-6-18)26(16-27)19-7-9-23-10-8-19/h2-10,16,24H,11-15H2,1H3. The highest BCUT2D eigenvalue weighted by molar-refractivity contribution is 5.95. The molecule has 3 aromatic rings. The monoisotopic (exact) mass is 376 g/mol. The molecule has 1 saturated heterocycles. The minimum atomic E-state index is 0.742. The number of carbonyl (C=O) groups excluding carboxylic acids is 1. The molecule has 1 N–H and O–H groups in total. The van der Waals surface area contributed by atoms with Gasteiger partial charge in [0.05, 0.1) is 30.3 Å². The first-order valence-corrected chi connectivity index (χ1v) is 9.49. The Morgan fingerprint density at radius 2 is 1.86 bits per heavy atom. The van der Waals surface area contributed by atoms with Gasteiger partial charge in [-0.05, 0) is 19.1 Å². The van der Waals surface area contributed by atoms with Crippen molar-refractivity contribution in [1.29, 1.82) is 0 Å². The quantitative estimate of drug-likeness (QED) is 0.669. The predicted molar refractivity (Wildman–Crippen MR) is 110 cm³/mol. The van der Waals surface area contributed by atoms with Crippen molar-refractivity contribution in [2.75, 3.05) is 31.2 Å². The van der Waals surface area contributed by atoms with Crippen molar-refractivity contribution < 1.29 is 9.53 Å². The van der Waals surface area contributed by atoms with Crippen LogP contribution in [0.4, 0.5) is 11.4 Å². The van der Waals surface area contributed by atoms with E-state index in [-0.39, 0.29) is 0 Å². The number of aryl methyl sites for hydroxylation is 1. The molecule has 3 heterocycles. The maximum atomic E-state index is 12.2. The highest BCUT2D eigenvalue weighted by atomic mass is 16.5. The fraction of sp³-hybridized carbons (Fsp3) is 0.273. The number of nitrogens with one attached hydrogen (secondary N) is 1. The molecule has 1 aromatic carbocycles. The van der Waals surface area contributed by atoms with E-state index in [1.807, 2.05) is 30.3 Å². The van der Waals surface area contributed by atoms with Gasteiger partial charge in [-0.1, -0.05) is 30.3 Å². The predicted octanol–water partition coefficient (Wildman–Crippen LogP) is 3.51. The van der Waals surface area contributed by atoms with E-state index in [1.165, 1.54) is 0 Å². The molecule has 1 aliphatic rings. The Labute approximate surface area is 164 Å².